The summed E-state index contributed by atoms with van der Waals surface area (Å²) in [5.74, 6) is 0.223. The number of rotatable bonds is 2. The van der Waals surface area contributed by atoms with E-state index in [1.807, 2.05) is 13.8 Å². The van der Waals surface area contributed by atoms with Crippen molar-refractivity contribution in [3.63, 3.8) is 0 Å². The van der Waals surface area contributed by atoms with Gasteiger partial charge >= 0.3 is 5.69 Å². The minimum atomic E-state index is -0.426. The van der Waals surface area contributed by atoms with E-state index in [0.717, 1.165) is 0 Å². The minimum Gasteiger partial charge on any atom is -0.291 e. The standard InChI is InChI=1S/C10H12N4O2/c1-6(2)4-14-9(15)7-3-11-5-12-8(7)13-10(14)16/h3,5-6H,4H2,1-2H3,(H,11,12,13,16). The van der Waals surface area contributed by atoms with Crippen molar-refractivity contribution in [2.75, 3.05) is 0 Å². The zero-order chi connectivity index (χ0) is 11.7. The Morgan fingerprint density at radius 2 is 2.19 bits per heavy atom. The maximum atomic E-state index is 11.9. The second-order valence-electron chi connectivity index (χ2n) is 4.02. The first kappa shape index (κ1) is 10.5. The Morgan fingerprint density at radius 1 is 1.44 bits per heavy atom. The molecule has 0 aliphatic heterocycles. The van der Waals surface area contributed by atoms with Crippen LogP contribution < -0.4 is 11.2 Å². The number of H-pyrrole nitrogens is 1. The second kappa shape index (κ2) is 3.88. The lowest BCUT2D eigenvalue weighted by Crippen LogP contribution is -2.36. The fourth-order valence-electron chi connectivity index (χ4n) is 1.52. The molecule has 6 nitrogen and oxygen atoms in total. The van der Waals surface area contributed by atoms with Crippen LogP contribution in [0.4, 0.5) is 0 Å². The SMILES string of the molecule is CC(C)Cn1c(=O)[nH]c2ncncc2c1=O. The molecular formula is C10H12N4O2. The van der Waals surface area contributed by atoms with Crippen molar-refractivity contribution in [1.29, 1.82) is 0 Å². The fraction of sp³-hybridized carbons (Fsp3) is 0.400. The van der Waals surface area contributed by atoms with Crippen LogP contribution in [0.15, 0.2) is 22.1 Å². The average Bonchev–Trinajstić information content (AvgIpc) is 2.24. The number of nitrogens with one attached hydrogen (secondary N) is 1. The van der Waals surface area contributed by atoms with Crippen molar-refractivity contribution in [2.24, 2.45) is 5.92 Å². The van der Waals surface area contributed by atoms with Gasteiger partial charge < -0.3 is 0 Å². The van der Waals surface area contributed by atoms with Crippen LogP contribution in [0.2, 0.25) is 0 Å². The molecule has 2 aromatic heterocycles. The Morgan fingerprint density at radius 3 is 2.88 bits per heavy atom. The Kier molecular flexibility index (Phi) is 2.55. The third-order valence-electron chi connectivity index (χ3n) is 2.21. The molecule has 0 amide bonds. The Bertz CT molecular complexity index is 626. The molecule has 0 bridgehead atoms. The molecule has 0 aliphatic rings. The van der Waals surface area contributed by atoms with Crippen molar-refractivity contribution < 1.29 is 0 Å². The summed E-state index contributed by atoms with van der Waals surface area (Å²) in [4.78, 5) is 33.8. The van der Waals surface area contributed by atoms with Gasteiger partial charge in [0.05, 0.1) is 0 Å². The third kappa shape index (κ3) is 1.73. The van der Waals surface area contributed by atoms with Gasteiger partial charge in [-0.2, -0.15) is 0 Å². The van der Waals surface area contributed by atoms with Crippen molar-refractivity contribution in [3.8, 4) is 0 Å². The minimum absolute atomic E-state index is 0.223. The third-order valence-corrected chi connectivity index (χ3v) is 2.21. The number of aromatic nitrogens is 4. The molecule has 6 heteroatoms. The Labute approximate surface area is 91.0 Å². The van der Waals surface area contributed by atoms with Gasteiger partial charge in [-0.05, 0) is 5.92 Å². The van der Waals surface area contributed by atoms with Crippen LogP contribution in [0.5, 0.6) is 0 Å². The molecule has 16 heavy (non-hydrogen) atoms. The first-order valence-electron chi connectivity index (χ1n) is 5.02. The van der Waals surface area contributed by atoms with E-state index in [2.05, 4.69) is 15.0 Å². The number of aromatic amines is 1. The smallest absolute Gasteiger partial charge is 0.291 e. The van der Waals surface area contributed by atoms with Gasteiger partial charge in [-0.3, -0.25) is 14.3 Å². The van der Waals surface area contributed by atoms with Gasteiger partial charge in [0, 0.05) is 12.7 Å². The molecule has 0 fully saturated rings. The largest absolute Gasteiger partial charge is 0.330 e. The summed E-state index contributed by atoms with van der Waals surface area (Å²) in [6, 6.07) is 0. The van der Waals surface area contributed by atoms with Gasteiger partial charge in [0.25, 0.3) is 5.56 Å². The molecule has 2 heterocycles. The molecule has 0 aliphatic carbocycles. The van der Waals surface area contributed by atoms with Crippen LogP contribution in [-0.4, -0.2) is 19.5 Å². The lowest BCUT2D eigenvalue weighted by Gasteiger charge is -2.07. The van der Waals surface area contributed by atoms with Crippen LogP contribution in [0.1, 0.15) is 13.8 Å². The summed E-state index contributed by atoms with van der Waals surface area (Å²) in [7, 11) is 0. The highest BCUT2D eigenvalue weighted by Crippen LogP contribution is 1.98. The molecule has 0 aromatic carbocycles. The monoisotopic (exact) mass is 220 g/mol. The summed E-state index contributed by atoms with van der Waals surface area (Å²) in [5, 5.41) is 0.336. The number of hydrogen-bond acceptors (Lipinski definition) is 4. The van der Waals surface area contributed by atoms with Crippen LogP contribution in [0.3, 0.4) is 0 Å². The van der Waals surface area contributed by atoms with Gasteiger partial charge in [0.15, 0.2) is 0 Å². The molecule has 84 valence electrons. The zero-order valence-corrected chi connectivity index (χ0v) is 9.10. The lowest BCUT2D eigenvalue weighted by molar-refractivity contribution is 0.495. The van der Waals surface area contributed by atoms with Crippen molar-refractivity contribution in [2.45, 2.75) is 20.4 Å². The highest BCUT2D eigenvalue weighted by atomic mass is 16.2. The van der Waals surface area contributed by atoms with Crippen molar-refractivity contribution in [3.05, 3.63) is 33.4 Å². The van der Waals surface area contributed by atoms with E-state index in [9.17, 15) is 9.59 Å². The van der Waals surface area contributed by atoms with Crippen molar-refractivity contribution >= 4 is 11.0 Å². The summed E-state index contributed by atoms with van der Waals surface area (Å²) < 4.78 is 1.18. The molecular weight excluding hydrogens is 208 g/mol. The summed E-state index contributed by atoms with van der Waals surface area (Å²) in [5.41, 5.74) is -0.483. The number of fused-ring (bicyclic) bond motifs is 1. The predicted octanol–water partition coefficient (Wildman–Crippen LogP) is 0.136. The number of nitrogens with zero attached hydrogens (tertiary/aromatic N) is 3. The van der Waals surface area contributed by atoms with E-state index in [1.54, 1.807) is 0 Å². The molecule has 0 spiro atoms. The Hall–Kier alpha value is -1.98. The lowest BCUT2D eigenvalue weighted by atomic mass is 10.2. The quantitative estimate of drug-likeness (QED) is 0.780. The van der Waals surface area contributed by atoms with E-state index in [-0.39, 0.29) is 17.1 Å². The van der Waals surface area contributed by atoms with E-state index in [0.29, 0.717) is 11.9 Å². The average molecular weight is 220 g/mol. The summed E-state index contributed by atoms with van der Waals surface area (Å²) in [6.45, 7) is 4.27. The van der Waals surface area contributed by atoms with Crippen LogP contribution >= 0.6 is 0 Å². The van der Waals surface area contributed by atoms with E-state index < -0.39 is 5.69 Å². The van der Waals surface area contributed by atoms with Gasteiger partial charge in [0.1, 0.15) is 17.4 Å². The van der Waals surface area contributed by atoms with Gasteiger partial charge in [-0.1, -0.05) is 13.8 Å². The Balaban J connectivity index is 2.76. The molecule has 0 unspecified atom stereocenters. The van der Waals surface area contributed by atoms with Crippen LogP contribution in [0.25, 0.3) is 11.0 Å². The topological polar surface area (TPSA) is 80.6 Å². The molecule has 0 atom stereocenters. The highest BCUT2D eigenvalue weighted by Gasteiger charge is 2.09. The maximum Gasteiger partial charge on any atom is 0.330 e. The summed E-state index contributed by atoms with van der Waals surface area (Å²) >= 11 is 0. The number of hydrogen-bond donors (Lipinski definition) is 1. The molecule has 0 radical (unpaired) electrons. The van der Waals surface area contributed by atoms with Gasteiger partial charge in [0.2, 0.25) is 0 Å². The molecule has 2 aromatic rings. The fourth-order valence-corrected chi connectivity index (χ4v) is 1.52. The van der Waals surface area contributed by atoms with Crippen molar-refractivity contribution in [1.82, 2.24) is 19.5 Å². The van der Waals surface area contributed by atoms with Crippen LogP contribution in [0, 0.1) is 5.92 Å². The van der Waals surface area contributed by atoms with Crippen LogP contribution in [-0.2, 0) is 6.54 Å². The predicted molar refractivity (Wildman–Crippen MR) is 59.3 cm³/mol. The van der Waals surface area contributed by atoms with E-state index in [1.165, 1.54) is 17.1 Å². The normalized spacial score (nSPS) is 11.2. The molecule has 2 rings (SSSR count). The second-order valence-corrected chi connectivity index (χ2v) is 4.02. The maximum absolute atomic E-state index is 11.9. The molecule has 0 saturated carbocycles. The first-order chi connectivity index (χ1) is 7.59. The van der Waals surface area contributed by atoms with E-state index >= 15 is 0 Å². The van der Waals surface area contributed by atoms with Gasteiger partial charge in [-0.15, -0.1) is 0 Å². The zero-order valence-electron chi connectivity index (χ0n) is 9.10. The first-order valence-corrected chi connectivity index (χ1v) is 5.02. The highest BCUT2D eigenvalue weighted by molar-refractivity contribution is 5.71. The van der Waals surface area contributed by atoms with Gasteiger partial charge in [-0.25, -0.2) is 14.8 Å². The summed E-state index contributed by atoms with van der Waals surface area (Å²) in [6.07, 6.45) is 2.71. The van der Waals surface area contributed by atoms with E-state index in [4.69, 9.17) is 0 Å². The molecule has 1 N–H and O–H groups in total. The molecule has 0 saturated heterocycles.